The number of likely N-dealkylation sites (tertiary alicyclic amines) is 1. The molecule has 0 aliphatic carbocycles. The molecule has 1 atom stereocenters. The molecule has 2 rings (SSSR count). The molecule has 0 radical (unpaired) electrons. The predicted octanol–water partition coefficient (Wildman–Crippen LogP) is 2.37. The van der Waals surface area contributed by atoms with E-state index in [4.69, 9.17) is 5.11 Å². The van der Waals surface area contributed by atoms with Crippen LogP contribution in [0.5, 0.6) is 0 Å². The molecular formula is C12H14FNO2. The molecule has 1 aromatic carbocycles. The fraction of sp³-hybridized carbons (Fsp3) is 0.417. The van der Waals surface area contributed by atoms with Crippen molar-refractivity contribution in [3.8, 4) is 0 Å². The molecule has 0 aromatic heterocycles. The lowest BCUT2D eigenvalue weighted by Gasteiger charge is -2.12. The molecule has 0 spiro atoms. The fourth-order valence-corrected chi connectivity index (χ4v) is 2.17. The maximum atomic E-state index is 12.9. The molecule has 1 heterocycles. The van der Waals surface area contributed by atoms with Crippen molar-refractivity contribution in [3.63, 3.8) is 0 Å². The van der Waals surface area contributed by atoms with Crippen molar-refractivity contribution in [1.82, 2.24) is 4.90 Å². The Labute approximate surface area is 93.5 Å². The van der Waals surface area contributed by atoms with Crippen molar-refractivity contribution >= 4 is 6.09 Å². The molecule has 1 saturated heterocycles. The molecule has 1 aromatic rings. The number of benzene rings is 1. The maximum absolute atomic E-state index is 12.9. The summed E-state index contributed by atoms with van der Waals surface area (Å²) < 4.78 is 12.9. The first-order valence-electron chi connectivity index (χ1n) is 5.37. The van der Waals surface area contributed by atoms with Gasteiger partial charge in [0.25, 0.3) is 0 Å². The normalized spacial score (nSPS) is 20.1. The molecule has 1 fully saturated rings. The Morgan fingerprint density at radius 2 is 2.38 bits per heavy atom. The van der Waals surface area contributed by atoms with E-state index in [2.05, 4.69) is 0 Å². The van der Waals surface area contributed by atoms with Crippen LogP contribution in [0.25, 0.3) is 0 Å². The number of hydrogen-bond acceptors (Lipinski definition) is 1. The highest BCUT2D eigenvalue weighted by atomic mass is 19.1. The van der Waals surface area contributed by atoms with Gasteiger partial charge in [0.15, 0.2) is 0 Å². The summed E-state index contributed by atoms with van der Waals surface area (Å²) in [5.41, 5.74) is 0.942. The van der Waals surface area contributed by atoms with Crippen molar-refractivity contribution in [2.24, 2.45) is 5.92 Å². The van der Waals surface area contributed by atoms with E-state index >= 15 is 0 Å². The minimum absolute atomic E-state index is 0.231. The Hall–Kier alpha value is -1.58. The Morgan fingerprint density at radius 3 is 3.00 bits per heavy atom. The largest absolute Gasteiger partial charge is 0.465 e. The number of amides is 1. The fourth-order valence-electron chi connectivity index (χ4n) is 2.17. The first-order valence-corrected chi connectivity index (χ1v) is 5.37. The smallest absolute Gasteiger partial charge is 0.407 e. The summed E-state index contributed by atoms with van der Waals surface area (Å²) >= 11 is 0. The minimum Gasteiger partial charge on any atom is -0.465 e. The maximum Gasteiger partial charge on any atom is 0.407 e. The van der Waals surface area contributed by atoms with Crippen LogP contribution in [0.2, 0.25) is 0 Å². The Kier molecular flexibility index (Phi) is 3.08. The highest BCUT2D eigenvalue weighted by molar-refractivity contribution is 5.65. The third-order valence-corrected chi connectivity index (χ3v) is 2.97. The zero-order chi connectivity index (χ0) is 11.5. The number of halogens is 1. The van der Waals surface area contributed by atoms with Crippen LogP contribution in [-0.2, 0) is 6.42 Å². The van der Waals surface area contributed by atoms with Gasteiger partial charge in [0, 0.05) is 13.1 Å². The van der Waals surface area contributed by atoms with E-state index in [1.165, 1.54) is 17.0 Å². The van der Waals surface area contributed by atoms with Gasteiger partial charge in [-0.15, -0.1) is 0 Å². The number of rotatable bonds is 2. The van der Waals surface area contributed by atoms with Gasteiger partial charge in [0.1, 0.15) is 5.82 Å². The zero-order valence-corrected chi connectivity index (χ0v) is 8.90. The van der Waals surface area contributed by atoms with Gasteiger partial charge in [-0.05, 0) is 36.5 Å². The average Bonchev–Trinajstić information content (AvgIpc) is 2.66. The topological polar surface area (TPSA) is 40.5 Å². The van der Waals surface area contributed by atoms with Gasteiger partial charge in [-0.25, -0.2) is 9.18 Å². The molecule has 4 heteroatoms. The molecule has 1 unspecified atom stereocenters. The number of carbonyl (C=O) groups is 1. The molecular weight excluding hydrogens is 209 g/mol. The highest BCUT2D eigenvalue weighted by Gasteiger charge is 2.25. The van der Waals surface area contributed by atoms with Gasteiger partial charge in [-0.3, -0.25) is 0 Å². The van der Waals surface area contributed by atoms with Crippen molar-refractivity contribution in [1.29, 1.82) is 0 Å². The van der Waals surface area contributed by atoms with Crippen LogP contribution in [-0.4, -0.2) is 29.2 Å². The van der Waals surface area contributed by atoms with Crippen LogP contribution in [0, 0.1) is 11.7 Å². The van der Waals surface area contributed by atoms with Crippen LogP contribution < -0.4 is 0 Å². The van der Waals surface area contributed by atoms with Crippen molar-refractivity contribution in [3.05, 3.63) is 35.6 Å². The summed E-state index contributed by atoms with van der Waals surface area (Å²) in [4.78, 5) is 12.1. The molecule has 1 amide bonds. The summed E-state index contributed by atoms with van der Waals surface area (Å²) in [7, 11) is 0. The number of hydrogen-bond donors (Lipinski definition) is 1. The molecule has 1 N–H and O–H groups in total. The van der Waals surface area contributed by atoms with Gasteiger partial charge in [0.2, 0.25) is 0 Å². The van der Waals surface area contributed by atoms with Gasteiger partial charge in [-0.2, -0.15) is 0 Å². The third-order valence-electron chi connectivity index (χ3n) is 2.97. The van der Waals surface area contributed by atoms with Gasteiger partial charge >= 0.3 is 6.09 Å². The summed E-state index contributed by atoms with van der Waals surface area (Å²) in [5, 5.41) is 8.81. The first-order chi connectivity index (χ1) is 7.65. The SMILES string of the molecule is O=C(O)N1CCC(Cc2cccc(F)c2)C1. The lowest BCUT2D eigenvalue weighted by molar-refractivity contribution is 0.154. The molecule has 86 valence electrons. The van der Waals surface area contributed by atoms with E-state index in [9.17, 15) is 9.18 Å². The minimum atomic E-state index is -0.859. The lowest BCUT2D eigenvalue weighted by atomic mass is 9.99. The summed E-state index contributed by atoms with van der Waals surface area (Å²) in [6.45, 7) is 1.15. The molecule has 1 aliphatic rings. The Morgan fingerprint density at radius 1 is 1.56 bits per heavy atom. The molecule has 3 nitrogen and oxygen atoms in total. The van der Waals surface area contributed by atoms with Crippen LogP contribution in [0.3, 0.4) is 0 Å². The second-order valence-electron chi connectivity index (χ2n) is 4.22. The summed E-state index contributed by atoms with van der Waals surface area (Å²) in [6.07, 6.45) is 0.756. The number of carboxylic acid groups (broad SMARTS) is 1. The zero-order valence-electron chi connectivity index (χ0n) is 8.90. The van der Waals surface area contributed by atoms with Crippen LogP contribution in [0.4, 0.5) is 9.18 Å². The van der Waals surface area contributed by atoms with E-state index in [1.807, 2.05) is 6.07 Å². The van der Waals surface area contributed by atoms with E-state index in [0.717, 1.165) is 18.4 Å². The Balaban J connectivity index is 1.94. The van der Waals surface area contributed by atoms with Crippen molar-refractivity contribution in [2.75, 3.05) is 13.1 Å². The van der Waals surface area contributed by atoms with E-state index in [0.29, 0.717) is 19.0 Å². The summed E-state index contributed by atoms with van der Waals surface area (Å²) in [5.74, 6) is 0.0866. The average molecular weight is 223 g/mol. The molecule has 16 heavy (non-hydrogen) atoms. The Bertz CT molecular complexity index is 394. The standard InChI is InChI=1S/C12H14FNO2/c13-11-3-1-2-9(7-11)6-10-4-5-14(8-10)12(15)16/h1-3,7,10H,4-6,8H2,(H,15,16). The van der Waals surface area contributed by atoms with Crippen molar-refractivity contribution in [2.45, 2.75) is 12.8 Å². The van der Waals surface area contributed by atoms with Crippen LogP contribution >= 0.6 is 0 Å². The molecule has 0 saturated carbocycles. The van der Waals surface area contributed by atoms with Gasteiger partial charge < -0.3 is 10.0 Å². The predicted molar refractivity (Wildman–Crippen MR) is 57.8 cm³/mol. The van der Waals surface area contributed by atoms with Gasteiger partial charge in [0.05, 0.1) is 0 Å². The quantitative estimate of drug-likeness (QED) is 0.836. The second-order valence-corrected chi connectivity index (χ2v) is 4.22. The monoisotopic (exact) mass is 223 g/mol. The number of nitrogens with zero attached hydrogens (tertiary/aromatic N) is 1. The molecule has 0 bridgehead atoms. The van der Waals surface area contributed by atoms with Crippen LogP contribution in [0.15, 0.2) is 24.3 Å². The van der Waals surface area contributed by atoms with E-state index < -0.39 is 6.09 Å². The highest BCUT2D eigenvalue weighted by Crippen LogP contribution is 2.21. The third kappa shape index (κ3) is 2.51. The molecule has 1 aliphatic heterocycles. The first kappa shape index (κ1) is 10.9. The van der Waals surface area contributed by atoms with E-state index in [1.54, 1.807) is 6.07 Å². The lowest BCUT2D eigenvalue weighted by Crippen LogP contribution is -2.26. The van der Waals surface area contributed by atoms with Gasteiger partial charge in [-0.1, -0.05) is 12.1 Å². The van der Waals surface area contributed by atoms with Crippen LogP contribution in [0.1, 0.15) is 12.0 Å². The second kappa shape index (κ2) is 4.51. The summed E-state index contributed by atoms with van der Waals surface area (Å²) in [6, 6.07) is 6.51. The van der Waals surface area contributed by atoms with E-state index in [-0.39, 0.29) is 5.82 Å². The van der Waals surface area contributed by atoms with Crippen molar-refractivity contribution < 1.29 is 14.3 Å².